The molecule has 3 aromatic heterocycles. The second kappa shape index (κ2) is 8.36. The number of benzene rings is 1. The van der Waals surface area contributed by atoms with Crippen LogP contribution in [0.1, 0.15) is 12.8 Å². The fourth-order valence-electron chi connectivity index (χ4n) is 3.84. The number of piperidine rings is 1. The molecule has 0 bridgehead atoms. The number of nitrogens with zero attached hydrogens (tertiary/aromatic N) is 4. The largest absolute Gasteiger partial charge is 0.479 e. The lowest BCUT2D eigenvalue weighted by Crippen LogP contribution is -2.46. The summed E-state index contributed by atoms with van der Waals surface area (Å²) in [6, 6.07) is 10.3. The van der Waals surface area contributed by atoms with Crippen molar-refractivity contribution in [1.82, 2.24) is 20.2 Å². The first-order valence-corrected chi connectivity index (χ1v) is 11.3. The number of aromatic nitrogens is 4. The van der Waals surface area contributed by atoms with Gasteiger partial charge in [0.05, 0.1) is 5.56 Å². The maximum absolute atomic E-state index is 14.9. The molecule has 168 valence electrons. The van der Waals surface area contributed by atoms with Crippen LogP contribution in [0.3, 0.4) is 0 Å². The van der Waals surface area contributed by atoms with Gasteiger partial charge in [-0.25, -0.2) is 23.5 Å². The fraction of sp³-hybridized carbons (Fsp3) is 0.217. The molecule has 0 saturated carbocycles. The minimum atomic E-state index is -2.18. The molecular weight excluding hydrogens is 448 g/mol. The van der Waals surface area contributed by atoms with Crippen molar-refractivity contribution in [2.45, 2.75) is 18.5 Å². The molecule has 7 nitrogen and oxygen atoms in total. The zero-order chi connectivity index (χ0) is 23.0. The normalized spacial score (nSPS) is 15.5. The Morgan fingerprint density at radius 3 is 2.55 bits per heavy atom. The Kier molecular flexibility index (Phi) is 5.37. The summed E-state index contributed by atoms with van der Waals surface area (Å²) in [7, 11) is 0. The van der Waals surface area contributed by atoms with Crippen LogP contribution in [0.5, 0.6) is 0 Å². The van der Waals surface area contributed by atoms with E-state index in [0.29, 0.717) is 28.6 Å². The summed E-state index contributed by atoms with van der Waals surface area (Å²) in [5.41, 5.74) is 0.394. The van der Waals surface area contributed by atoms with E-state index in [1.807, 2.05) is 27.8 Å². The van der Waals surface area contributed by atoms with Crippen LogP contribution in [0.15, 0.2) is 53.4 Å². The van der Waals surface area contributed by atoms with Gasteiger partial charge in [-0.05, 0) is 41.3 Å². The third kappa shape index (κ3) is 4.09. The molecule has 0 amide bonds. The summed E-state index contributed by atoms with van der Waals surface area (Å²) in [4.78, 5) is 21.7. The molecule has 5 rings (SSSR count). The van der Waals surface area contributed by atoms with Crippen LogP contribution in [-0.2, 0) is 4.79 Å². The molecule has 1 aromatic carbocycles. The summed E-state index contributed by atoms with van der Waals surface area (Å²) in [6.07, 6.45) is 1.45. The maximum Gasteiger partial charge on any atom is 0.341 e. The number of carboxylic acid groups (broad SMARTS) is 1. The van der Waals surface area contributed by atoms with Crippen LogP contribution in [0.25, 0.3) is 33.9 Å². The van der Waals surface area contributed by atoms with Gasteiger partial charge >= 0.3 is 5.97 Å². The van der Waals surface area contributed by atoms with Crippen LogP contribution in [0.4, 0.5) is 14.6 Å². The quantitative estimate of drug-likeness (QED) is 0.438. The Balaban J connectivity index is 1.31. The summed E-state index contributed by atoms with van der Waals surface area (Å²) in [5.74, 6) is -0.354. The SMILES string of the molecule is O=C(O)C1(F)CCN(c2ccc(-c3ccc(-c4nc(-c5ccsc5)n[nH]4)c(F)c3)cn2)CC1. The van der Waals surface area contributed by atoms with Gasteiger partial charge in [0.2, 0.25) is 5.67 Å². The van der Waals surface area contributed by atoms with E-state index >= 15 is 0 Å². The zero-order valence-corrected chi connectivity index (χ0v) is 18.1. The molecule has 0 aliphatic carbocycles. The highest BCUT2D eigenvalue weighted by molar-refractivity contribution is 7.08. The molecule has 1 aliphatic heterocycles. The lowest BCUT2D eigenvalue weighted by molar-refractivity contribution is -0.152. The van der Waals surface area contributed by atoms with Crippen LogP contribution in [0, 0.1) is 5.82 Å². The number of alkyl halides is 1. The van der Waals surface area contributed by atoms with Crippen molar-refractivity contribution >= 4 is 23.1 Å². The van der Waals surface area contributed by atoms with Crippen LogP contribution in [0.2, 0.25) is 0 Å². The standard InChI is InChI=1S/C23H19F2N5O2S/c24-18-11-14(1-3-17(18)21-27-20(28-29-21)16-5-10-33-13-16)15-2-4-19(26-12-15)30-8-6-23(25,7-9-30)22(31)32/h1-5,10-13H,6-9H2,(H,31,32)(H,27,28,29). The fourth-order valence-corrected chi connectivity index (χ4v) is 4.47. The second-order valence-corrected chi connectivity index (χ2v) is 8.66. The lowest BCUT2D eigenvalue weighted by Gasteiger charge is -2.34. The molecule has 33 heavy (non-hydrogen) atoms. The van der Waals surface area contributed by atoms with Crippen molar-refractivity contribution in [1.29, 1.82) is 0 Å². The van der Waals surface area contributed by atoms with Crippen LogP contribution >= 0.6 is 11.3 Å². The average Bonchev–Trinajstić information content (AvgIpc) is 3.52. The van der Waals surface area contributed by atoms with Gasteiger partial charge in [-0.1, -0.05) is 6.07 Å². The van der Waals surface area contributed by atoms with Gasteiger partial charge in [-0.3, -0.25) is 5.10 Å². The number of pyridine rings is 1. The van der Waals surface area contributed by atoms with E-state index in [4.69, 9.17) is 5.11 Å². The first kappa shape index (κ1) is 21.2. The smallest absolute Gasteiger partial charge is 0.341 e. The van der Waals surface area contributed by atoms with Gasteiger partial charge in [0.1, 0.15) is 11.6 Å². The summed E-state index contributed by atoms with van der Waals surface area (Å²) in [6.45, 7) is 0.534. The third-order valence-electron chi connectivity index (χ3n) is 5.83. The molecule has 4 aromatic rings. The number of thiophene rings is 1. The Labute approximate surface area is 191 Å². The number of hydrogen-bond acceptors (Lipinski definition) is 6. The van der Waals surface area contributed by atoms with Gasteiger partial charge in [-0.2, -0.15) is 16.4 Å². The molecule has 4 heterocycles. The topological polar surface area (TPSA) is 95.0 Å². The van der Waals surface area contributed by atoms with Crippen molar-refractivity contribution in [2.24, 2.45) is 0 Å². The average molecular weight is 468 g/mol. The molecule has 0 unspecified atom stereocenters. The number of hydrogen-bond donors (Lipinski definition) is 2. The molecule has 1 saturated heterocycles. The molecule has 0 spiro atoms. The molecular formula is C23H19F2N5O2S. The Morgan fingerprint density at radius 2 is 1.91 bits per heavy atom. The predicted molar refractivity (Wildman–Crippen MR) is 121 cm³/mol. The Morgan fingerprint density at radius 1 is 1.12 bits per heavy atom. The van der Waals surface area contributed by atoms with Crippen molar-refractivity contribution in [3.63, 3.8) is 0 Å². The number of nitrogens with one attached hydrogen (secondary N) is 1. The molecule has 2 N–H and O–H groups in total. The summed E-state index contributed by atoms with van der Waals surface area (Å²) < 4.78 is 29.1. The zero-order valence-electron chi connectivity index (χ0n) is 17.3. The van der Waals surface area contributed by atoms with Gasteiger partial charge in [-0.15, -0.1) is 0 Å². The Hall–Kier alpha value is -3.66. The molecule has 10 heteroatoms. The highest BCUT2D eigenvalue weighted by Crippen LogP contribution is 2.31. The van der Waals surface area contributed by atoms with Gasteiger partial charge in [0, 0.05) is 48.6 Å². The van der Waals surface area contributed by atoms with Gasteiger partial charge in [0.25, 0.3) is 0 Å². The van der Waals surface area contributed by atoms with E-state index in [-0.39, 0.29) is 25.9 Å². The number of aromatic amines is 1. The highest BCUT2D eigenvalue weighted by atomic mass is 32.1. The van der Waals surface area contributed by atoms with E-state index in [1.54, 1.807) is 24.4 Å². The van der Waals surface area contributed by atoms with E-state index < -0.39 is 17.5 Å². The molecule has 1 aliphatic rings. The summed E-state index contributed by atoms with van der Waals surface area (Å²) >= 11 is 1.54. The van der Waals surface area contributed by atoms with Crippen molar-refractivity contribution in [3.05, 3.63) is 59.2 Å². The van der Waals surface area contributed by atoms with Crippen molar-refractivity contribution < 1.29 is 18.7 Å². The number of carboxylic acids is 1. The second-order valence-electron chi connectivity index (χ2n) is 7.88. The van der Waals surface area contributed by atoms with Crippen LogP contribution < -0.4 is 4.90 Å². The van der Waals surface area contributed by atoms with E-state index in [1.165, 1.54) is 17.4 Å². The predicted octanol–water partition coefficient (Wildman–Crippen LogP) is 4.79. The lowest BCUT2D eigenvalue weighted by atomic mass is 9.93. The third-order valence-corrected chi connectivity index (χ3v) is 6.52. The van der Waals surface area contributed by atoms with Crippen molar-refractivity contribution in [3.8, 4) is 33.9 Å². The highest BCUT2D eigenvalue weighted by Gasteiger charge is 2.42. The number of carbonyl (C=O) groups is 1. The minimum Gasteiger partial charge on any atom is -0.479 e. The number of halogens is 2. The number of rotatable bonds is 5. The summed E-state index contributed by atoms with van der Waals surface area (Å²) in [5, 5.41) is 19.8. The van der Waals surface area contributed by atoms with Crippen molar-refractivity contribution in [2.75, 3.05) is 18.0 Å². The van der Waals surface area contributed by atoms with Gasteiger partial charge < -0.3 is 10.0 Å². The minimum absolute atomic E-state index is 0.0891. The van der Waals surface area contributed by atoms with E-state index in [0.717, 1.165) is 11.1 Å². The number of H-pyrrole nitrogens is 1. The van der Waals surface area contributed by atoms with Crippen LogP contribution in [-0.4, -0.2) is 50.0 Å². The maximum atomic E-state index is 14.9. The Bertz CT molecular complexity index is 1280. The number of aliphatic carboxylic acids is 1. The first-order valence-electron chi connectivity index (χ1n) is 10.3. The number of anilines is 1. The van der Waals surface area contributed by atoms with E-state index in [2.05, 4.69) is 20.2 Å². The monoisotopic (exact) mass is 467 g/mol. The van der Waals surface area contributed by atoms with E-state index in [9.17, 15) is 13.6 Å². The van der Waals surface area contributed by atoms with Gasteiger partial charge in [0.15, 0.2) is 11.6 Å². The first-order chi connectivity index (χ1) is 15.9. The molecule has 0 radical (unpaired) electrons. The molecule has 0 atom stereocenters. The molecule has 1 fully saturated rings.